The SMILES string of the molecule is Cc1cc2nc(CSc3cccc(Cl)c3)cc(=O)n2o1. The maximum atomic E-state index is 11.9. The van der Waals surface area contributed by atoms with Gasteiger partial charge in [-0.2, -0.15) is 0 Å². The monoisotopic (exact) mass is 306 g/mol. The highest BCUT2D eigenvalue weighted by molar-refractivity contribution is 7.98. The molecule has 20 heavy (non-hydrogen) atoms. The lowest BCUT2D eigenvalue weighted by atomic mass is 10.4. The van der Waals surface area contributed by atoms with Crippen LogP contribution in [0.4, 0.5) is 0 Å². The summed E-state index contributed by atoms with van der Waals surface area (Å²) < 4.78 is 6.45. The van der Waals surface area contributed by atoms with Gasteiger partial charge in [0, 0.05) is 27.8 Å². The van der Waals surface area contributed by atoms with E-state index in [-0.39, 0.29) is 5.56 Å². The molecule has 0 radical (unpaired) electrons. The van der Waals surface area contributed by atoms with Gasteiger partial charge in [-0.05, 0) is 25.1 Å². The van der Waals surface area contributed by atoms with E-state index in [1.54, 1.807) is 24.8 Å². The lowest BCUT2D eigenvalue weighted by molar-refractivity contribution is 0.344. The minimum Gasteiger partial charge on any atom is -0.375 e. The van der Waals surface area contributed by atoms with E-state index in [0.29, 0.717) is 22.2 Å². The molecule has 4 nitrogen and oxygen atoms in total. The molecule has 2 heterocycles. The van der Waals surface area contributed by atoms with Crippen molar-refractivity contribution in [1.29, 1.82) is 0 Å². The highest BCUT2D eigenvalue weighted by atomic mass is 35.5. The van der Waals surface area contributed by atoms with Crippen molar-refractivity contribution in [2.24, 2.45) is 0 Å². The van der Waals surface area contributed by atoms with Gasteiger partial charge in [-0.25, -0.2) is 4.98 Å². The molecule has 0 saturated heterocycles. The van der Waals surface area contributed by atoms with Crippen LogP contribution in [0.15, 0.2) is 50.6 Å². The second kappa shape index (κ2) is 5.34. The number of rotatable bonds is 3. The first-order chi connectivity index (χ1) is 9.61. The predicted octanol–water partition coefficient (Wildman–Crippen LogP) is 3.54. The first kappa shape index (κ1) is 13.3. The number of nitrogens with zero attached hydrogens (tertiary/aromatic N) is 2. The smallest absolute Gasteiger partial charge is 0.287 e. The van der Waals surface area contributed by atoms with Gasteiger partial charge in [-0.3, -0.25) is 4.79 Å². The van der Waals surface area contributed by atoms with E-state index in [0.717, 1.165) is 10.6 Å². The number of halogens is 1. The fourth-order valence-corrected chi connectivity index (χ4v) is 2.96. The van der Waals surface area contributed by atoms with Crippen molar-refractivity contribution in [3.8, 4) is 0 Å². The van der Waals surface area contributed by atoms with Crippen molar-refractivity contribution in [2.75, 3.05) is 0 Å². The summed E-state index contributed by atoms with van der Waals surface area (Å²) in [6, 6.07) is 10.8. The third-order valence-electron chi connectivity index (χ3n) is 2.71. The average Bonchev–Trinajstić information content (AvgIpc) is 2.78. The van der Waals surface area contributed by atoms with Gasteiger partial charge >= 0.3 is 0 Å². The number of aryl methyl sites for hydroxylation is 1. The van der Waals surface area contributed by atoms with Crippen LogP contribution in [0.2, 0.25) is 5.02 Å². The average molecular weight is 307 g/mol. The summed E-state index contributed by atoms with van der Waals surface area (Å²) in [5.41, 5.74) is 1.06. The molecule has 3 rings (SSSR count). The van der Waals surface area contributed by atoms with Crippen molar-refractivity contribution in [3.05, 3.63) is 63.2 Å². The first-order valence-corrected chi connectivity index (χ1v) is 7.36. The van der Waals surface area contributed by atoms with Crippen LogP contribution in [0.5, 0.6) is 0 Å². The van der Waals surface area contributed by atoms with E-state index in [4.69, 9.17) is 16.1 Å². The third-order valence-corrected chi connectivity index (χ3v) is 3.97. The Morgan fingerprint density at radius 1 is 1.35 bits per heavy atom. The summed E-state index contributed by atoms with van der Waals surface area (Å²) in [5.74, 6) is 1.27. The van der Waals surface area contributed by atoms with Gasteiger partial charge in [0.15, 0.2) is 5.65 Å². The molecular formula is C14H11ClN2O2S. The summed E-state index contributed by atoms with van der Waals surface area (Å²) >= 11 is 7.52. The van der Waals surface area contributed by atoms with E-state index in [2.05, 4.69) is 4.98 Å². The Hall–Kier alpha value is -1.72. The maximum absolute atomic E-state index is 11.9. The molecule has 0 aliphatic rings. The number of fused-ring (bicyclic) bond motifs is 1. The first-order valence-electron chi connectivity index (χ1n) is 6.00. The maximum Gasteiger partial charge on any atom is 0.287 e. The van der Waals surface area contributed by atoms with Crippen LogP contribution in [0.25, 0.3) is 5.65 Å². The number of hydrogen-bond donors (Lipinski definition) is 0. The van der Waals surface area contributed by atoms with Gasteiger partial charge in [0.2, 0.25) is 0 Å². The van der Waals surface area contributed by atoms with Crippen molar-refractivity contribution >= 4 is 29.0 Å². The van der Waals surface area contributed by atoms with E-state index >= 15 is 0 Å². The molecule has 0 unspecified atom stereocenters. The van der Waals surface area contributed by atoms with Crippen LogP contribution in [-0.4, -0.2) is 9.56 Å². The zero-order valence-corrected chi connectivity index (χ0v) is 12.2. The van der Waals surface area contributed by atoms with Gasteiger partial charge in [0.1, 0.15) is 5.76 Å². The van der Waals surface area contributed by atoms with Crippen molar-refractivity contribution in [1.82, 2.24) is 9.56 Å². The number of hydrogen-bond acceptors (Lipinski definition) is 4. The third kappa shape index (κ3) is 2.73. The molecule has 0 N–H and O–H groups in total. The quantitative estimate of drug-likeness (QED) is 0.694. The number of benzene rings is 1. The van der Waals surface area contributed by atoms with Gasteiger partial charge < -0.3 is 4.52 Å². The van der Waals surface area contributed by atoms with Crippen LogP contribution in [-0.2, 0) is 5.75 Å². The van der Waals surface area contributed by atoms with Crippen molar-refractivity contribution in [2.45, 2.75) is 17.6 Å². The molecule has 3 aromatic rings. The summed E-state index contributed by atoms with van der Waals surface area (Å²) in [7, 11) is 0. The molecule has 0 bridgehead atoms. The van der Waals surface area contributed by atoms with E-state index in [9.17, 15) is 4.79 Å². The topological polar surface area (TPSA) is 47.5 Å². The predicted molar refractivity (Wildman–Crippen MR) is 79.5 cm³/mol. The molecule has 0 saturated carbocycles. The molecule has 102 valence electrons. The lowest BCUT2D eigenvalue weighted by Crippen LogP contribution is -2.12. The Morgan fingerprint density at radius 2 is 2.20 bits per heavy atom. The second-order valence-corrected chi connectivity index (χ2v) is 5.82. The largest absolute Gasteiger partial charge is 0.375 e. The molecule has 0 aliphatic carbocycles. The van der Waals surface area contributed by atoms with Crippen LogP contribution in [0.3, 0.4) is 0 Å². The molecule has 0 spiro atoms. The molecule has 0 amide bonds. The van der Waals surface area contributed by atoms with Gasteiger partial charge in [0.25, 0.3) is 5.56 Å². The molecule has 0 aliphatic heterocycles. The fourth-order valence-electron chi connectivity index (χ4n) is 1.86. The normalized spacial score (nSPS) is 11.1. The van der Waals surface area contributed by atoms with Crippen LogP contribution < -0.4 is 5.56 Å². The lowest BCUT2D eigenvalue weighted by Gasteiger charge is -2.02. The summed E-state index contributed by atoms with van der Waals surface area (Å²) in [6.45, 7) is 1.79. The van der Waals surface area contributed by atoms with E-state index in [1.807, 2.05) is 24.3 Å². The Balaban J connectivity index is 1.86. The van der Waals surface area contributed by atoms with Crippen LogP contribution in [0.1, 0.15) is 11.5 Å². The van der Waals surface area contributed by atoms with Gasteiger partial charge in [-0.1, -0.05) is 17.7 Å². The zero-order chi connectivity index (χ0) is 14.1. The minimum absolute atomic E-state index is 0.204. The van der Waals surface area contributed by atoms with E-state index in [1.165, 1.54) is 10.6 Å². The van der Waals surface area contributed by atoms with Gasteiger partial charge in [0.05, 0.1) is 5.69 Å². The highest BCUT2D eigenvalue weighted by Gasteiger charge is 2.07. The minimum atomic E-state index is -0.204. The van der Waals surface area contributed by atoms with Crippen molar-refractivity contribution in [3.63, 3.8) is 0 Å². The molecule has 0 atom stereocenters. The molecule has 2 aromatic heterocycles. The Kier molecular flexibility index (Phi) is 3.54. The highest BCUT2D eigenvalue weighted by Crippen LogP contribution is 2.24. The fraction of sp³-hybridized carbons (Fsp3) is 0.143. The molecular weight excluding hydrogens is 296 g/mol. The molecule has 0 fully saturated rings. The Morgan fingerprint density at radius 3 is 3.00 bits per heavy atom. The van der Waals surface area contributed by atoms with Crippen LogP contribution >= 0.6 is 23.4 Å². The van der Waals surface area contributed by atoms with Crippen LogP contribution in [0, 0.1) is 6.92 Å². The summed E-state index contributed by atoms with van der Waals surface area (Å²) in [4.78, 5) is 17.3. The standard InChI is InChI=1S/C14H11ClN2O2S/c1-9-5-13-16-11(7-14(18)17(13)19-9)8-20-12-4-2-3-10(15)6-12/h2-7H,8H2,1H3. The van der Waals surface area contributed by atoms with E-state index < -0.39 is 0 Å². The summed E-state index contributed by atoms with van der Waals surface area (Å²) in [6.07, 6.45) is 0. The second-order valence-electron chi connectivity index (χ2n) is 4.33. The van der Waals surface area contributed by atoms with Crippen molar-refractivity contribution < 1.29 is 4.52 Å². The molecule has 1 aromatic carbocycles. The Bertz CT molecular complexity index is 825. The Labute approximate surface area is 124 Å². The number of aromatic nitrogens is 2. The zero-order valence-electron chi connectivity index (χ0n) is 10.7. The number of thioether (sulfide) groups is 1. The van der Waals surface area contributed by atoms with Gasteiger partial charge in [-0.15, -0.1) is 16.3 Å². The summed E-state index contributed by atoms with van der Waals surface area (Å²) in [5, 5.41) is 0.698. The molecule has 6 heteroatoms.